The summed E-state index contributed by atoms with van der Waals surface area (Å²) in [5, 5.41) is 2.99. The number of nitrogens with zero attached hydrogens (tertiary/aromatic N) is 1. The third-order valence-corrected chi connectivity index (χ3v) is 5.44. The van der Waals surface area contributed by atoms with Gasteiger partial charge in [-0.3, -0.25) is 4.79 Å². The molecule has 28 heavy (non-hydrogen) atoms. The largest absolute Gasteiger partial charge is 0.378 e. The van der Waals surface area contributed by atoms with Crippen LogP contribution in [0, 0.1) is 5.82 Å². The van der Waals surface area contributed by atoms with Crippen LogP contribution < -0.4 is 15.1 Å². The van der Waals surface area contributed by atoms with E-state index >= 15 is 0 Å². The Morgan fingerprint density at radius 1 is 1.11 bits per heavy atom. The molecule has 2 N–H and O–H groups in total. The fraction of sp³-hybridized carbons (Fsp3) is 0.409. The Morgan fingerprint density at radius 3 is 2.50 bits per heavy atom. The van der Waals surface area contributed by atoms with Gasteiger partial charge < -0.3 is 19.9 Å². The monoisotopic (exact) mass is 384 g/mol. The van der Waals surface area contributed by atoms with E-state index in [1.807, 2.05) is 30.3 Å². The van der Waals surface area contributed by atoms with E-state index in [9.17, 15) is 9.18 Å². The number of nitrogens with one attached hydrogen (secondary N) is 2. The van der Waals surface area contributed by atoms with Crippen molar-refractivity contribution < 1.29 is 18.8 Å². The number of carbonyl (C=O) groups excluding carboxylic acids is 1. The lowest BCUT2D eigenvalue weighted by Crippen LogP contribution is -3.13. The highest BCUT2D eigenvalue weighted by atomic mass is 19.1. The van der Waals surface area contributed by atoms with Crippen molar-refractivity contribution in [1.29, 1.82) is 0 Å². The van der Waals surface area contributed by atoms with Gasteiger partial charge in [-0.15, -0.1) is 0 Å². The zero-order chi connectivity index (χ0) is 19.3. The van der Waals surface area contributed by atoms with Gasteiger partial charge in [0.1, 0.15) is 12.4 Å². The van der Waals surface area contributed by atoms with E-state index < -0.39 is 0 Å². The molecule has 6 heteroatoms. The van der Waals surface area contributed by atoms with Gasteiger partial charge >= 0.3 is 0 Å². The SMILES string of the molecule is O=C(C[NH+](Cc1ccccc1F)C1CC1)Nc1ccc(N2CCOCC2)cc1. The lowest BCUT2D eigenvalue weighted by atomic mass is 10.2. The molecular weight excluding hydrogens is 357 g/mol. The van der Waals surface area contributed by atoms with Crippen LogP contribution in [0.3, 0.4) is 0 Å². The van der Waals surface area contributed by atoms with Gasteiger partial charge in [-0.05, 0) is 30.3 Å². The highest BCUT2D eigenvalue weighted by Crippen LogP contribution is 2.19. The Bertz CT molecular complexity index is 802. The smallest absolute Gasteiger partial charge is 0.279 e. The molecular formula is C22H27FN3O2+. The lowest BCUT2D eigenvalue weighted by Gasteiger charge is -2.28. The Hall–Kier alpha value is -2.44. The van der Waals surface area contributed by atoms with Crippen LogP contribution in [-0.4, -0.2) is 44.8 Å². The summed E-state index contributed by atoms with van der Waals surface area (Å²) in [6.45, 7) is 4.18. The van der Waals surface area contributed by atoms with Crippen molar-refractivity contribution in [3.8, 4) is 0 Å². The average molecular weight is 384 g/mol. The predicted octanol–water partition coefficient (Wildman–Crippen LogP) is 1.85. The van der Waals surface area contributed by atoms with Crippen LogP contribution in [0.2, 0.25) is 0 Å². The normalized spacial score (nSPS) is 18.0. The van der Waals surface area contributed by atoms with Crippen molar-refractivity contribution in [1.82, 2.24) is 0 Å². The first kappa shape index (κ1) is 18.9. The molecule has 0 bridgehead atoms. The summed E-state index contributed by atoms with van der Waals surface area (Å²) in [5.74, 6) is -0.225. The number of morpholine rings is 1. The number of hydrogen-bond acceptors (Lipinski definition) is 3. The molecule has 1 saturated heterocycles. The zero-order valence-electron chi connectivity index (χ0n) is 16.0. The molecule has 2 aromatic rings. The number of rotatable bonds is 7. The topological polar surface area (TPSA) is 46.0 Å². The summed E-state index contributed by atoms with van der Waals surface area (Å²) in [5.41, 5.74) is 2.61. The van der Waals surface area contributed by atoms with Crippen molar-refractivity contribution in [2.75, 3.05) is 43.1 Å². The fourth-order valence-corrected chi connectivity index (χ4v) is 3.72. The van der Waals surface area contributed by atoms with E-state index in [0.29, 0.717) is 24.7 Å². The van der Waals surface area contributed by atoms with Crippen molar-refractivity contribution in [2.24, 2.45) is 0 Å². The average Bonchev–Trinajstić information content (AvgIpc) is 3.56. The third kappa shape index (κ3) is 4.88. The van der Waals surface area contributed by atoms with Crippen LogP contribution in [0.1, 0.15) is 18.4 Å². The van der Waals surface area contributed by atoms with Crippen molar-refractivity contribution in [2.45, 2.75) is 25.4 Å². The molecule has 1 saturated carbocycles. The minimum Gasteiger partial charge on any atom is -0.378 e. The number of amides is 1. The van der Waals surface area contributed by atoms with E-state index in [4.69, 9.17) is 4.74 Å². The van der Waals surface area contributed by atoms with Crippen LogP contribution in [0.4, 0.5) is 15.8 Å². The molecule has 1 unspecified atom stereocenters. The third-order valence-electron chi connectivity index (χ3n) is 5.44. The first-order valence-electron chi connectivity index (χ1n) is 9.99. The zero-order valence-corrected chi connectivity index (χ0v) is 16.0. The van der Waals surface area contributed by atoms with Gasteiger partial charge in [0.2, 0.25) is 0 Å². The van der Waals surface area contributed by atoms with Gasteiger partial charge in [-0.2, -0.15) is 0 Å². The van der Waals surface area contributed by atoms with Crippen LogP contribution in [-0.2, 0) is 16.1 Å². The minimum atomic E-state index is -0.195. The van der Waals surface area contributed by atoms with Gasteiger partial charge in [-0.1, -0.05) is 18.2 Å². The van der Waals surface area contributed by atoms with E-state index in [2.05, 4.69) is 10.2 Å². The Balaban J connectivity index is 1.34. The second kappa shape index (κ2) is 8.71. The number of halogens is 1. The molecule has 4 rings (SSSR count). The second-order valence-corrected chi connectivity index (χ2v) is 7.57. The molecule has 1 amide bonds. The molecule has 0 radical (unpaired) electrons. The summed E-state index contributed by atoms with van der Waals surface area (Å²) in [6, 6.07) is 15.2. The van der Waals surface area contributed by atoms with E-state index in [1.54, 1.807) is 12.1 Å². The summed E-state index contributed by atoms with van der Waals surface area (Å²) in [6.07, 6.45) is 2.20. The first-order chi connectivity index (χ1) is 13.7. The summed E-state index contributed by atoms with van der Waals surface area (Å²) >= 11 is 0. The molecule has 148 valence electrons. The number of benzene rings is 2. The molecule has 1 heterocycles. The van der Waals surface area contributed by atoms with Gasteiger partial charge in [-0.25, -0.2) is 4.39 Å². The standard InChI is InChI=1S/C22H26FN3O2/c23-21-4-2-1-3-17(21)15-26(20-9-10-20)16-22(27)24-18-5-7-19(8-6-18)25-11-13-28-14-12-25/h1-8,20H,9-16H2,(H,24,27)/p+1. The number of hydrogen-bond donors (Lipinski definition) is 2. The molecule has 1 aliphatic carbocycles. The van der Waals surface area contributed by atoms with E-state index in [1.165, 1.54) is 6.07 Å². The molecule has 1 atom stereocenters. The number of ether oxygens (including phenoxy) is 1. The highest BCUT2D eigenvalue weighted by Gasteiger charge is 2.35. The fourth-order valence-electron chi connectivity index (χ4n) is 3.72. The Labute approximate surface area is 165 Å². The number of quaternary nitrogens is 1. The van der Waals surface area contributed by atoms with Gasteiger partial charge in [0.05, 0.1) is 19.3 Å². The number of anilines is 2. The Kier molecular flexibility index (Phi) is 5.88. The Morgan fingerprint density at radius 2 is 1.82 bits per heavy atom. The van der Waals surface area contributed by atoms with Crippen LogP contribution >= 0.6 is 0 Å². The maximum atomic E-state index is 14.0. The molecule has 1 aliphatic heterocycles. The van der Waals surface area contributed by atoms with Crippen molar-refractivity contribution >= 4 is 17.3 Å². The maximum absolute atomic E-state index is 14.0. The summed E-state index contributed by atoms with van der Waals surface area (Å²) in [7, 11) is 0. The molecule has 2 aliphatic rings. The quantitative estimate of drug-likeness (QED) is 0.766. The lowest BCUT2D eigenvalue weighted by molar-refractivity contribution is -0.917. The summed E-state index contributed by atoms with van der Waals surface area (Å²) < 4.78 is 19.4. The van der Waals surface area contributed by atoms with Crippen LogP contribution in [0.25, 0.3) is 0 Å². The van der Waals surface area contributed by atoms with Crippen molar-refractivity contribution in [3.05, 3.63) is 59.9 Å². The van der Waals surface area contributed by atoms with Gasteiger partial charge in [0.15, 0.2) is 6.54 Å². The van der Waals surface area contributed by atoms with E-state index in [0.717, 1.165) is 55.4 Å². The molecule has 0 aromatic heterocycles. The first-order valence-corrected chi connectivity index (χ1v) is 9.99. The predicted molar refractivity (Wildman–Crippen MR) is 107 cm³/mol. The minimum absolute atomic E-state index is 0.0302. The van der Waals surface area contributed by atoms with Gasteiger partial charge in [0.25, 0.3) is 5.91 Å². The molecule has 2 aromatic carbocycles. The van der Waals surface area contributed by atoms with Crippen LogP contribution in [0.15, 0.2) is 48.5 Å². The second-order valence-electron chi connectivity index (χ2n) is 7.57. The van der Waals surface area contributed by atoms with Crippen LogP contribution in [0.5, 0.6) is 0 Å². The molecule has 0 spiro atoms. The molecule has 2 fully saturated rings. The molecule has 5 nitrogen and oxygen atoms in total. The number of carbonyl (C=O) groups is 1. The van der Waals surface area contributed by atoms with Crippen molar-refractivity contribution in [3.63, 3.8) is 0 Å². The summed E-state index contributed by atoms with van der Waals surface area (Å²) in [4.78, 5) is 16.0. The van der Waals surface area contributed by atoms with Gasteiger partial charge in [0, 0.05) is 42.9 Å². The van der Waals surface area contributed by atoms with E-state index in [-0.39, 0.29) is 11.7 Å². The highest BCUT2D eigenvalue weighted by molar-refractivity contribution is 5.91. The maximum Gasteiger partial charge on any atom is 0.279 e.